The molecule has 2 atom stereocenters. The van der Waals surface area contributed by atoms with Crippen molar-refractivity contribution < 1.29 is 43.7 Å². The first-order chi connectivity index (χ1) is 21.2. The number of hydrogen-bond acceptors (Lipinski definition) is 15. The number of nitrogens with one attached hydrogen (secondary N) is 3. The first-order valence-electron chi connectivity index (χ1n) is 13.0. The highest BCUT2D eigenvalue weighted by molar-refractivity contribution is 8.00. The Kier molecular flexibility index (Phi) is 9.48. The van der Waals surface area contributed by atoms with Gasteiger partial charge >= 0.3 is 12.0 Å². The van der Waals surface area contributed by atoms with Crippen molar-refractivity contribution in [3.05, 3.63) is 23.3 Å². The Morgan fingerprint density at radius 1 is 1.31 bits per heavy atom. The number of nitrogens with two attached hydrogens (primary N) is 3. The maximum atomic E-state index is 13.2. The van der Waals surface area contributed by atoms with Crippen molar-refractivity contribution in [2.45, 2.75) is 37.4 Å². The SMILES string of the molecule is Cn1c(N)c(NC(=O)NCCN)c[n+]1CC1=C(C(=O)[O-])N2C(=O)[C@@H](NC(=O)/C(=N/OC(C)(C)C(=O)O)c3nsc(N)n3)[C@H]2SC1. The van der Waals surface area contributed by atoms with Crippen LogP contribution in [0, 0.1) is 0 Å². The number of carbonyl (C=O) groups excluding carboxylic acids is 4. The lowest BCUT2D eigenvalue weighted by Crippen LogP contribution is -2.71. The van der Waals surface area contributed by atoms with Crippen LogP contribution in [0.25, 0.3) is 0 Å². The van der Waals surface area contributed by atoms with E-state index >= 15 is 0 Å². The number of aliphatic carboxylic acids is 2. The van der Waals surface area contributed by atoms with Gasteiger partial charge < -0.3 is 47.7 Å². The van der Waals surface area contributed by atoms with Gasteiger partial charge in [0.25, 0.3) is 11.8 Å². The number of hydrogen-bond donors (Lipinski definition) is 7. The Morgan fingerprint density at radius 3 is 2.62 bits per heavy atom. The largest absolute Gasteiger partial charge is 0.543 e. The molecule has 0 bridgehead atoms. The maximum absolute atomic E-state index is 13.2. The van der Waals surface area contributed by atoms with Gasteiger partial charge in [0.1, 0.15) is 11.4 Å². The molecule has 45 heavy (non-hydrogen) atoms. The predicted molar refractivity (Wildman–Crippen MR) is 157 cm³/mol. The number of fused-ring (bicyclic) bond motifs is 1. The van der Waals surface area contributed by atoms with Crippen molar-refractivity contribution in [1.82, 2.24) is 29.6 Å². The highest BCUT2D eigenvalue weighted by Crippen LogP contribution is 2.40. The second kappa shape index (κ2) is 13.0. The zero-order valence-electron chi connectivity index (χ0n) is 24.1. The molecule has 0 saturated carbocycles. The minimum atomic E-state index is -1.82. The number of carboxylic acids is 2. The van der Waals surface area contributed by atoms with Crippen molar-refractivity contribution in [3.63, 3.8) is 0 Å². The summed E-state index contributed by atoms with van der Waals surface area (Å²) in [4.78, 5) is 72.2. The van der Waals surface area contributed by atoms with Gasteiger partial charge in [-0.3, -0.25) is 19.8 Å². The summed E-state index contributed by atoms with van der Waals surface area (Å²) in [5, 5.41) is 32.0. The summed E-state index contributed by atoms with van der Waals surface area (Å²) in [6.45, 7) is 2.86. The number of amides is 4. The molecular formula is C23H30N12O8S2. The molecule has 0 unspecified atom stereocenters. The molecule has 4 heterocycles. The normalized spacial score (nSPS) is 18.2. The number of thioether (sulfide) groups is 1. The fraction of sp³-hybridized carbons (Fsp3) is 0.435. The quantitative estimate of drug-likeness (QED) is 0.0493. The summed E-state index contributed by atoms with van der Waals surface area (Å²) in [6.07, 6.45) is 1.50. The molecule has 2 aliphatic heterocycles. The molecule has 2 aromatic rings. The Labute approximate surface area is 262 Å². The maximum Gasteiger partial charge on any atom is 0.350 e. The molecule has 4 amide bonds. The number of carbonyl (C=O) groups is 5. The smallest absolute Gasteiger partial charge is 0.350 e. The van der Waals surface area contributed by atoms with E-state index in [9.17, 15) is 34.2 Å². The average Bonchev–Trinajstić information content (AvgIpc) is 3.52. The van der Waals surface area contributed by atoms with Crippen molar-refractivity contribution in [1.29, 1.82) is 0 Å². The first kappa shape index (κ1) is 32.9. The van der Waals surface area contributed by atoms with Crippen molar-refractivity contribution in [2.24, 2.45) is 17.9 Å². The van der Waals surface area contributed by atoms with Gasteiger partial charge in [-0.05, 0) is 13.8 Å². The third-order valence-electron chi connectivity index (χ3n) is 6.59. The molecule has 242 valence electrons. The van der Waals surface area contributed by atoms with Crippen LogP contribution in [-0.2, 0) is 37.6 Å². The number of nitrogens with zero attached hydrogens (tertiary/aromatic N) is 6. The highest BCUT2D eigenvalue weighted by Gasteiger charge is 2.53. The second-order valence-electron chi connectivity index (χ2n) is 10.1. The molecule has 10 N–H and O–H groups in total. The predicted octanol–water partition coefficient (Wildman–Crippen LogP) is -3.90. The standard InChI is InChI=1S/C23H30N12O8S2/c1-23(2,20(40)41)43-31-11(15-30-21(26)45-32-15)16(36)29-12-17(37)35-13(19(38)39)9(8-44-18(12)35)6-34-7-10(14(25)33(34)3)28-22(42)27-5-4-24/h7,12,18,25H,4-6,8,24H2,1-3H3,(H7,26,27,28,29,30,32,36,38,39,40,41,42)/b31-11+/t12-,18-/m1/s1. The number of nitrogen functional groups attached to an aromatic ring is 2. The first-order valence-corrected chi connectivity index (χ1v) is 14.9. The summed E-state index contributed by atoms with van der Waals surface area (Å²) in [6, 6.07) is -1.72. The van der Waals surface area contributed by atoms with Gasteiger partial charge in [0.05, 0.1) is 18.7 Å². The van der Waals surface area contributed by atoms with E-state index in [0.717, 1.165) is 16.4 Å². The van der Waals surface area contributed by atoms with Crippen LogP contribution in [0.4, 0.5) is 21.4 Å². The van der Waals surface area contributed by atoms with Crippen LogP contribution in [-0.4, -0.2) is 95.4 Å². The molecule has 0 aromatic carbocycles. The van der Waals surface area contributed by atoms with E-state index in [4.69, 9.17) is 22.0 Å². The zero-order chi connectivity index (χ0) is 33.2. The number of aromatic nitrogens is 4. The minimum Gasteiger partial charge on any atom is -0.543 e. The van der Waals surface area contributed by atoms with E-state index < -0.39 is 52.5 Å². The fourth-order valence-corrected chi connectivity index (χ4v) is 5.90. The Morgan fingerprint density at radius 2 is 2.02 bits per heavy atom. The topological polar surface area (TPSA) is 302 Å². The van der Waals surface area contributed by atoms with E-state index in [-0.39, 0.29) is 53.5 Å². The number of oxime groups is 1. The Hall–Kier alpha value is -4.96. The van der Waals surface area contributed by atoms with Crippen LogP contribution >= 0.6 is 23.3 Å². The van der Waals surface area contributed by atoms with Crippen LogP contribution in [0.15, 0.2) is 22.6 Å². The summed E-state index contributed by atoms with van der Waals surface area (Å²) in [5.41, 5.74) is 15.0. The van der Waals surface area contributed by atoms with Gasteiger partial charge in [-0.2, -0.15) is 9.36 Å². The minimum absolute atomic E-state index is 0.0106. The van der Waals surface area contributed by atoms with Gasteiger partial charge in [-0.1, -0.05) is 5.16 Å². The summed E-state index contributed by atoms with van der Waals surface area (Å²) >= 11 is 1.93. The number of anilines is 3. The van der Waals surface area contributed by atoms with Crippen LogP contribution in [0.2, 0.25) is 0 Å². The molecule has 2 aliphatic rings. The monoisotopic (exact) mass is 666 g/mol. The van der Waals surface area contributed by atoms with E-state index in [0.29, 0.717) is 5.57 Å². The molecule has 2 aromatic heterocycles. The second-order valence-corrected chi connectivity index (χ2v) is 12.0. The molecule has 22 heteroatoms. The number of urea groups is 1. The van der Waals surface area contributed by atoms with E-state index in [1.165, 1.54) is 36.5 Å². The van der Waals surface area contributed by atoms with Gasteiger partial charge in [-0.15, -0.1) is 21.1 Å². The number of carboxylic acid groups (broad SMARTS) is 2. The van der Waals surface area contributed by atoms with Crippen molar-refractivity contribution >= 4 is 75.4 Å². The van der Waals surface area contributed by atoms with E-state index in [2.05, 4.69) is 30.5 Å². The molecule has 1 saturated heterocycles. The molecule has 1 fully saturated rings. The van der Waals surface area contributed by atoms with Crippen LogP contribution in [0.3, 0.4) is 0 Å². The molecule has 0 radical (unpaired) electrons. The lowest BCUT2D eigenvalue weighted by atomic mass is 10.0. The van der Waals surface area contributed by atoms with Crippen molar-refractivity contribution in [3.8, 4) is 0 Å². The zero-order valence-corrected chi connectivity index (χ0v) is 25.7. The molecule has 0 spiro atoms. The third kappa shape index (κ3) is 6.76. The summed E-state index contributed by atoms with van der Waals surface area (Å²) in [7, 11) is 1.60. The number of β-lactam (4-membered cyclic amide) rings is 1. The lowest BCUT2D eigenvalue weighted by Gasteiger charge is -2.50. The van der Waals surface area contributed by atoms with Gasteiger partial charge in [0.2, 0.25) is 23.3 Å². The Balaban J connectivity index is 1.54. The van der Waals surface area contributed by atoms with Crippen LogP contribution in [0.5, 0.6) is 0 Å². The van der Waals surface area contributed by atoms with Gasteiger partial charge in [0.15, 0.2) is 23.2 Å². The van der Waals surface area contributed by atoms with Crippen LogP contribution in [0.1, 0.15) is 19.7 Å². The molecular weight excluding hydrogens is 636 g/mol. The highest BCUT2D eigenvalue weighted by atomic mass is 32.2. The summed E-state index contributed by atoms with van der Waals surface area (Å²) < 4.78 is 6.95. The summed E-state index contributed by atoms with van der Waals surface area (Å²) in [5.74, 6) is -4.66. The lowest BCUT2D eigenvalue weighted by molar-refractivity contribution is -0.765. The van der Waals surface area contributed by atoms with Gasteiger partial charge in [-0.25, -0.2) is 9.59 Å². The Bertz CT molecular complexity index is 1620. The third-order valence-corrected chi connectivity index (χ3v) is 8.48. The molecule has 20 nitrogen and oxygen atoms in total. The fourth-order valence-electron chi connectivity index (χ4n) is 4.13. The van der Waals surface area contributed by atoms with E-state index in [1.807, 2.05) is 0 Å². The van der Waals surface area contributed by atoms with E-state index in [1.54, 1.807) is 11.7 Å². The van der Waals surface area contributed by atoms with Crippen molar-refractivity contribution in [2.75, 3.05) is 35.6 Å². The molecule has 0 aliphatic carbocycles. The van der Waals surface area contributed by atoms with Crippen LogP contribution < -0.4 is 42.9 Å². The van der Waals surface area contributed by atoms with Gasteiger partial charge in [0, 0.05) is 35.9 Å². The molecule has 4 rings (SSSR count). The average molecular weight is 667 g/mol. The number of rotatable bonds is 12.